The molecule has 5 rings (SSSR count). The third-order valence-electron chi connectivity index (χ3n) is 6.36. The zero-order valence-corrected chi connectivity index (χ0v) is 20.6. The number of benzene rings is 1. The molecular weight excluding hydrogens is 447 g/mol. The Bertz CT molecular complexity index is 1060. The molecule has 190 valence electrons. The first-order chi connectivity index (χ1) is 16.8. The highest BCUT2D eigenvalue weighted by Crippen LogP contribution is 2.50. The molecule has 0 spiro atoms. The lowest BCUT2D eigenvalue weighted by molar-refractivity contribution is -0.119. The van der Waals surface area contributed by atoms with E-state index in [0.717, 1.165) is 60.5 Å². The van der Waals surface area contributed by atoms with E-state index in [-0.39, 0.29) is 17.4 Å². The number of carbonyl (C=O) groups excluding carboxylic acids is 2. The minimum atomic E-state index is -0.552. The average Bonchev–Trinajstić information content (AvgIpc) is 3.74. The van der Waals surface area contributed by atoms with Gasteiger partial charge in [-0.25, -0.2) is 9.37 Å². The number of aromatic nitrogens is 2. The van der Waals surface area contributed by atoms with Crippen molar-refractivity contribution in [3.05, 3.63) is 41.6 Å². The molecule has 2 amide bonds. The van der Waals surface area contributed by atoms with Crippen LogP contribution in [0, 0.1) is 30.5 Å². The number of imidazole rings is 1. The maximum absolute atomic E-state index is 13.9. The van der Waals surface area contributed by atoms with Crippen LogP contribution in [-0.2, 0) is 16.0 Å². The molecule has 2 aliphatic carbocycles. The normalized spacial score (nSPS) is 17.7. The van der Waals surface area contributed by atoms with Crippen molar-refractivity contribution in [1.29, 1.82) is 0 Å². The van der Waals surface area contributed by atoms with Gasteiger partial charge in [0.05, 0.1) is 5.52 Å². The Kier molecular flexibility index (Phi) is 9.39. The first-order valence-corrected chi connectivity index (χ1v) is 12.5. The van der Waals surface area contributed by atoms with Gasteiger partial charge in [0.25, 0.3) is 5.91 Å². The van der Waals surface area contributed by atoms with Crippen molar-refractivity contribution in [3.8, 4) is 0 Å². The van der Waals surface area contributed by atoms with Gasteiger partial charge < -0.3 is 21.8 Å². The standard InChI is InChI=1S/C16H19FN2.C6H11N3O.C4H7NO/c1-9-6-13(17)16-14(7-9)18-15(19-16)8-12(10-2-3-10)11-4-5-11;1-2-9-5(3-4-7)6(8)10;6-4-2-1-3-5-4/h6-7,10-12H,2-5,8H2,1H3,(H,18,19);3-4H,2,7H2,1H3,(H2,8,10);1-3H2,(H,5,6)/b;4-3-,9-5?;. The largest absolute Gasteiger partial charge is 0.405 e. The number of rotatable bonds is 7. The highest BCUT2D eigenvalue weighted by molar-refractivity contribution is 6.42. The second-order valence-corrected chi connectivity index (χ2v) is 9.41. The van der Waals surface area contributed by atoms with Crippen LogP contribution in [0.15, 0.2) is 29.4 Å². The first kappa shape index (κ1) is 26.4. The number of primary amides is 1. The molecule has 0 unspecified atom stereocenters. The van der Waals surface area contributed by atoms with E-state index < -0.39 is 5.91 Å². The molecule has 3 aliphatic rings. The summed E-state index contributed by atoms with van der Waals surface area (Å²) >= 11 is 0. The van der Waals surface area contributed by atoms with Crippen LogP contribution in [0.25, 0.3) is 11.0 Å². The number of aliphatic imine (C=N–C) groups is 1. The Hall–Kier alpha value is -3.23. The molecule has 1 aromatic heterocycles. The summed E-state index contributed by atoms with van der Waals surface area (Å²) in [5.41, 5.74) is 12.5. The number of nitrogens with two attached hydrogens (primary N) is 2. The first-order valence-electron chi connectivity index (χ1n) is 12.5. The molecule has 9 heteroatoms. The Morgan fingerprint density at radius 2 is 1.97 bits per heavy atom. The van der Waals surface area contributed by atoms with Crippen molar-refractivity contribution in [2.75, 3.05) is 13.1 Å². The highest BCUT2D eigenvalue weighted by Gasteiger charge is 2.41. The van der Waals surface area contributed by atoms with Gasteiger partial charge in [-0.2, -0.15) is 0 Å². The lowest BCUT2D eigenvalue weighted by Gasteiger charge is -2.12. The van der Waals surface area contributed by atoms with Crippen LogP contribution < -0.4 is 16.8 Å². The molecule has 3 fully saturated rings. The maximum atomic E-state index is 13.9. The lowest BCUT2D eigenvalue weighted by atomic mass is 9.94. The number of nitrogens with one attached hydrogen (secondary N) is 2. The van der Waals surface area contributed by atoms with Crippen molar-refractivity contribution in [1.82, 2.24) is 15.3 Å². The van der Waals surface area contributed by atoms with E-state index in [1.807, 2.05) is 19.9 Å². The van der Waals surface area contributed by atoms with E-state index in [1.165, 1.54) is 38.0 Å². The fourth-order valence-corrected chi connectivity index (χ4v) is 4.39. The number of nitrogens with zero attached hydrogens (tertiary/aromatic N) is 2. The lowest BCUT2D eigenvalue weighted by Crippen LogP contribution is -2.21. The van der Waals surface area contributed by atoms with Gasteiger partial charge in [-0.1, -0.05) is 0 Å². The van der Waals surface area contributed by atoms with Crippen LogP contribution in [0.4, 0.5) is 4.39 Å². The zero-order chi connectivity index (χ0) is 25.4. The average molecular weight is 485 g/mol. The van der Waals surface area contributed by atoms with Crippen LogP contribution in [0.5, 0.6) is 0 Å². The van der Waals surface area contributed by atoms with Gasteiger partial charge in [0.15, 0.2) is 5.82 Å². The number of hydrogen-bond acceptors (Lipinski definition) is 5. The molecule has 0 radical (unpaired) electrons. The van der Waals surface area contributed by atoms with Crippen molar-refractivity contribution in [3.63, 3.8) is 0 Å². The number of aromatic amines is 1. The van der Waals surface area contributed by atoms with E-state index >= 15 is 0 Å². The quantitative estimate of drug-likeness (QED) is 0.448. The monoisotopic (exact) mass is 484 g/mol. The summed E-state index contributed by atoms with van der Waals surface area (Å²) < 4.78 is 13.9. The molecule has 8 nitrogen and oxygen atoms in total. The minimum Gasteiger partial charge on any atom is -0.405 e. The van der Waals surface area contributed by atoms with Crippen molar-refractivity contribution in [2.45, 2.75) is 58.8 Å². The second kappa shape index (κ2) is 12.5. The Morgan fingerprint density at radius 1 is 1.29 bits per heavy atom. The molecule has 1 aliphatic heterocycles. The Labute approximate surface area is 205 Å². The summed E-state index contributed by atoms with van der Waals surface area (Å²) in [6, 6.07) is 3.55. The maximum Gasteiger partial charge on any atom is 0.266 e. The zero-order valence-electron chi connectivity index (χ0n) is 20.6. The third kappa shape index (κ3) is 8.19. The summed E-state index contributed by atoms with van der Waals surface area (Å²) in [7, 11) is 0. The predicted octanol–water partition coefficient (Wildman–Crippen LogP) is 3.29. The summed E-state index contributed by atoms with van der Waals surface area (Å²) in [5.74, 6) is 3.03. The van der Waals surface area contributed by atoms with Crippen molar-refractivity contribution < 1.29 is 14.0 Å². The number of hydrogen-bond donors (Lipinski definition) is 4. The number of amides is 2. The molecule has 6 N–H and O–H groups in total. The van der Waals surface area contributed by atoms with Gasteiger partial charge in [0.2, 0.25) is 5.91 Å². The molecule has 2 aromatic rings. The van der Waals surface area contributed by atoms with E-state index in [1.54, 1.807) is 6.07 Å². The molecule has 2 heterocycles. The van der Waals surface area contributed by atoms with E-state index in [9.17, 15) is 14.0 Å². The van der Waals surface area contributed by atoms with Gasteiger partial charge in [-0.3, -0.25) is 14.6 Å². The van der Waals surface area contributed by atoms with Crippen molar-refractivity contribution >= 4 is 28.6 Å². The highest BCUT2D eigenvalue weighted by atomic mass is 19.1. The number of halogens is 1. The smallest absolute Gasteiger partial charge is 0.266 e. The van der Waals surface area contributed by atoms with Crippen LogP contribution in [0.1, 0.15) is 56.8 Å². The number of aryl methyl sites for hydroxylation is 1. The van der Waals surface area contributed by atoms with E-state index in [2.05, 4.69) is 20.3 Å². The number of H-pyrrole nitrogens is 1. The molecule has 1 aromatic carbocycles. The minimum absolute atomic E-state index is 0.202. The van der Waals surface area contributed by atoms with E-state index in [4.69, 9.17) is 11.5 Å². The molecule has 2 saturated carbocycles. The molecule has 0 bridgehead atoms. The van der Waals surface area contributed by atoms with Crippen molar-refractivity contribution in [2.24, 2.45) is 34.2 Å². The second-order valence-electron chi connectivity index (χ2n) is 9.41. The van der Waals surface area contributed by atoms with Gasteiger partial charge >= 0.3 is 0 Å². The number of fused-ring (bicyclic) bond motifs is 1. The molecular formula is C26H37FN6O2. The topological polar surface area (TPSA) is 139 Å². The summed E-state index contributed by atoms with van der Waals surface area (Å²) in [5, 5.41) is 2.68. The third-order valence-corrected chi connectivity index (χ3v) is 6.36. The van der Waals surface area contributed by atoms with Gasteiger partial charge in [-0.15, -0.1) is 0 Å². The fraction of sp³-hybridized carbons (Fsp3) is 0.538. The Balaban J connectivity index is 0.000000180. The van der Waals surface area contributed by atoms with Crippen LogP contribution in [-0.4, -0.2) is 40.6 Å². The SMILES string of the molecule is CCN=C(/C=C\N)C(N)=O.Cc1cc(F)c2nc(CC(C3CC3)C3CC3)[nH]c2c1.O=C1CCCN1. The fourth-order valence-electron chi connectivity index (χ4n) is 4.39. The van der Waals surface area contributed by atoms with Gasteiger partial charge in [0, 0.05) is 25.9 Å². The Morgan fingerprint density at radius 3 is 2.43 bits per heavy atom. The van der Waals surface area contributed by atoms with Crippen LogP contribution in [0.3, 0.4) is 0 Å². The molecule has 0 atom stereocenters. The van der Waals surface area contributed by atoms with E-state index in [0.29, 0.717) is 12.1 Å². The van der Waals surface area contributed by atoms with Crippen LogP contribution in [0.2, 0.25) is 0 Å². The van der Waals surface area contributed by atoms with Gasteiger partial charge in [0.1, 0.15) is 17.1 Å². The predicted molar refractivity (Wildman–Crippen MR) is 136 cm³/mol. The molecule has 1 saturated heterocycles. The van der Waals surface area contributed by atoms with Gasteiger partial charge in [-0.05, 0) is 93.7 Å². The van der Waals surface area contributed by atoms with Crippen LogP contribution >= 0.6 is 0 Å². The summed E-state index contributed by atoms with van der Waals surface area (Å²) in [6.45, 7) is 5.15. The summed E-state index contributed by atoms with van der Waals surface area (Å²) in [6.07, 6.45) is 10.9. The molecule has 35 heavy (non-hydrogen) atoms. The number of carbonyl (C=O) groups is 2. The summed E-state index contributed by atoms with van der Waals surface area (Å²) in [4.78, 5) is 32.2.